The molecule has 1 heterocycles. The Hall–Kier alpha value is -2.25. The van der Waals surface area contributed by atoms with Gasteiger partial charge in [0.05, 0.1) is 29.8 Å². The molecule has 0 saturated heterocycles. The number of hydrogen-bond donors (Lipinski definition) is 2. The van der Waals surface area contributed by atoms with Gasteiger partial charge in [-0.05, 0) is 23.4 Å². The molecule has 0 bridgehead atoms. The van der Waals surface area contributed by atoms with E-state index >= 15 is 0 Å². The van der Waals surface area contributed by atoms with E-state index in [1.807, 2.05) is 19.2 Å². The van der Waals surface area contributed by atoms with Gasteiger partial charge < -0.3 is 20.1 Å². The molecule has 1 aromatic carbocycles. The Morgan fingerprint density at radius 1 is 1.15 bits per heavy atom. The highest BCUT2D eigenvalue weighted by Gasteiger charge is 2.26. The van der Waals surface area contributed by atoms with Gasteiger partial charge in [-0.3, -0.25) is 9.59 Å². The van der Waals surface area contributed by atoms with E-state index in [-0.39, 0.29) is 17.7 Å². The molecule has 0 spiro atoms. The molecule has 0 radical (unpaired) electrons. The highest BCUT2D eigenvalue weighted by Crippen LogP contribution is 2.36. The summed E-state index contributed by atoms with van der Waals surface area (Å²) in [4.78, 5) is 25.6. The second-order valence-corrected chi connectivity index (χ2v) is 7.20. The molecule has 1 aromatic heterocycles. The van der Waals surface area contributed by atoms with Crippen molar-refractivity contribution in [3.63, 3.8) is 0 Å². The number of hydrogen-bond acceptors (Lipinski definition) is 5. The summed E-state index contributed by atoms with van der Waals surface area (Å²) < 4.78 is 10.4. The van der Waals surface area contributed by atoms with Crippen LogP contribution in [-0.2, 0) is 4.79 Å². The standard InChI is InChI=1S/C18H21ClN2O4S/c1-10(2)16(21-17(22)15-6-5-7-26-15)18(23)20-12-8-11(19)13(24-3)9-14(12)25-4/h5-10,16H,1-4H3,(H,20,23)(H,21,22). The summed E-state index contributed by atoms with van der Waals surface area (Å²) >= 11 is 7.45. The molecule has 0 fully saturated rings. The number of halogens is 1. The Kier molecular flexibility index (Phi) is 6.88. The predicted octanol–water partition coefficient (Wildman–Crippen LogP) is 3.81. The van der Waals surface area contributed by atoms with Crippen LogP contribution in [0.1, 0.15) is 23.5 Å². The van der Waals surface area contributed by atoms with Gasteiger partial charge >= 0.3 is 0 Å². The summed E-state index contributed by atoms with van der Waals surface area (Å²) in [6.07, 6.45) is 0. The number of anilines is 1. The quantitative estimate of drug-likeness (QED) is 0.746. The second-order valence-electron chi connectivity index (χ2n) is 5.85. The minimum absolute atomic E-state index is 0.112. The van der Waals surface area contributed by atoms with Crippen LogP contribution in [0.25, 0.3) is 0 Å². The number of methoxy groups -OCH3 is 2. The van der Waals surface area contributed by atoms with Gasteiger partial charge in [-0.15, -0.1) is 11.3 Å². The maximum atomic E-state index is 12.7. The van der Waals surface area contributed by atoms with Crippen LogP contribution in [0.2, 0.25) is 5.02 Å². The molecule has 2 aromatic rings. The fourth-order valence-corrected chi connectivity index (χ4v) is 3.19. The lowest BCUT2D eigenvalue weighted by molar-refractivity contribution is -0.118. The van der Waals surface area contributed by atoms with E-state index in [0.29, 0.717) is 27.1 Å². The van der Waals surface area contributed by atoms with Crippen molar-refractivity contribution in [3.05, 3.63) is 39.5 Å². The first kappa shape index (κ1) is 20.1. The van der Waals surface area contributed by atoms with Crippen molar-refractivity contribution >= 4 is 40.4 Å². The van der Waals surface area contributed by atoms with Gasteiger partial charge in [-0.2, -0.15) is 0 Å². The fourth-order valence-electron chi connectivity index (χ4n) is 2.32. The fraction of sp³-hybridized carbons (Fsp3) is 0.333. The summed E-state index contributed by atoms with van der Waals surface area (Å²) in [5.41, 5.74) is 0.402. The molecular weight excluding hydrogens is 376 g/mol. The lowest BCUT2D eigenvalue weighted by Crippen LogP contribution is -2.47. The summed E-state index contributed by atoms with van der Waals surface area (Å²) in [5, 5.41) is 7.69. The number of ether oxygens (including phenoxy) is 2. The second kappa shape index (κ2) is 8.91. The van der Waals surface area contributed by atoms with E-state index < -0.39 is 6.04 Å². The van der Waals surface area contributed by atoms with Gasteiger partial charge in [-0.1, -0.05) is 31.5 Å². The maximum Gasteiger partial charge on any atom is 0.262 e. The highest BCUT2D eigenvalue weighted by molar-refractivity contribution is 7.12. The molecule has 1 atom stereocenters. The van der Waals surface area contributed by atoms with E-state index in [1.165, 1.54) is 25.6 Å². The van der Waals surface area contributed by atoms with Crippen molar-refractivity contribution < 1.29 is 19.1 Å². The first-order chi connectivity index (χ1) is 12.4. The lowest BCUT2D eigenvalue weighted by Gasteiger charge is -2.22. The van der Waals surface area contributed by atoms with E-state index in [2.05, 4.69) is 10.6 Å². The topological polar surface area (TPSA) is 76.7 Å². The minimum atomic E-state index is -0.713. The van der Waals surface area contributed by atoms with E-state index in [9.17, 15) is 9.59 Å². The number of amides is 2. The Balaban J connectivity index is 2.20. The van der Waals surface area contributed by atoms with Crippen molar-refractivity contribution in [2.24, 2.45) is 5.92 Å². The molecule has 140 valence electrons. The largest absolute Gasteiger partial charge is 0.495 e. The van der Waals surface area contributed by atoms with Crippen molar-refractivity contribution in [2.75, 3.05) is 19.5 Å². The predicted molar refractivity (Wildman–Crippen MR) is 104 cm³/mol. The normalized spacial score (nSPS) is 11.8. The molecule has 1 unspecified atom stereocenters. The monoisotopic (exact) mass is 396 g/mol. The van der Waals surface area contributed by atoms with Crippen LogP contribution >= 0.6 is 22.9 Å². The van der Waals surface area contributed by atoms with Gasteiger partial charge in [0.15, 0.2) is 0 Å². The highest BCUT2D eigenvalue weighted by atomic mass is 35.5. The lowest BCUT2D eigenvalue weighted by atomic mass is 10.0. The summed E-state index contributed by atoms with van der Waals surface area (Å²) in [6, 6.07) is 5.92. The zero-order valence-corrected chi connectivity index (χ0v) is 16.5. The average Bonchev–Trinajstić information content (AvgIpc) is 3.14. The SMILES string of the molecule is COc1cc(OC)c(NC(=O)C(NC(=O)c2cccs2)C(C)C)cc1Cl. The average molecular weight is 397 g/mol. The Bertz CT molecular complexity index is 778. The van der Waals surface area contributed by atoms with Crippen molar-refractivity contribution in [1.29, 1.82) is 0 Å². The van der Waals surface area contributed by atoms with E-state index in [4.69, 9.17) is 21.1 Å². The maximum absolute atomic E-state index is 12.7. The Morgan fingerprint density at radius 2 is 1.85 bits per heavy atom. The smallest absolute Gasteiger partial charge is 0.262 e. The third-order valence-corrected chi connectivity index (χ3v) is 4.88. The minimum Gasteiger partial charge on any atom is -0.495 e. The summed E-state index contributed by atoms with van der Waals surface area (Å²) in [6.45, 7) is 3.72. The third kappa shape index (κ3) is 4.68. The number of benzene rings is 1. The van der Waals surface area contributed by atoms with Gasteiger partial charge in [0.2, 0.25) is 5.91 Å². The van der Waals surface area contributed by atoms with Gasteiger partial charge in [0.25, 0.3) is 5.91 Å². The molecule has 8 heteroatoms. The van der Waals surface area contributed by atoms with Crippen molar-refractivity contribution in [1.82, 2.24) is 5.32 Å². The molecule has 2 rings (SSSR count). The first-order valence-electron chi connectivity index (χ1n) is 7.94. The van der Waals surface area contributed by atoms with Crippen molar-refractivity contribution in [2.45, 2.75) is 19.9 Å². The Morgan fingerprint density at radius 3 is 2.38 bits per heavy atom. The van der Waals surface area contributed by atoms with Crippen LogP contribution < -0.4 is 20.1 Å². The Labute approximate surface area is 161 Å². The summed E-state index contributed by atoms with van der Waals surface area (Å²) in [7, 11) is 2.98. The summed E-state index contributed by atoms with van der Waals surface area (Å²) in [5.74, 6) is 0.0938. The zero-order valence-electron chi connectivity index (χ0n) is 15.0. The molecule has 0 aliphatic heterocycles. The molecular formula is C18H21ClN2O4S. The van der Waals surface area contributed by atoms with Crippen LogP contribution in [0.4, 0.5) is 5.69 Å². The van der Waals surface area contributed by atoms with Gasteiger partial charge in [0, 0.05) is 6.07 Å². The van der Waals surface area contributed by atoms with Gasteiger partial charge in [-0.25, -0.2) is 0 Å². The van der Waals surface area contributed by atoms with Gasteiger partial charge in [0.1, 0.15) is 17.5 Å². The first-order valence-corrected chi connectivity index (χ1v) is 9.19. The van der Waals surface area contributed by atoms with Crippen LogP contribution in [0.15, 0.2) is 29.6 Å². The molecule has 2 amide bonds. The molecule has 0 aliphatic carbocycles. The number of rotatable bonds is 7. The van der Waals surface area contributed by atoms with E-state index in [1.54, 1.807) is 24.3 Å². The van der Waals surface area contributed by atoms with Crippen LogP contribution in [0.5, 0.6) is 11.5 Å². The van der Waals surface area contributed by atoms with Crippen LogP contribution in [0.3, 0.4) is 0 Å². The zero-order chi connectivity index (χ0) is 19.3. The van der Waals surface area contributed by atoms with Crippen molar-refractivity contribution in [3.8, 4) is 11.5 Å². The van der Waals surface area contributed by atoms with Crippen LogP contribution in [0, 0.1) is 5.92 Å². The number of carbonyl (C=O) groups is 2. The molecule has 0 saturated carbocycles. The molecule has 26 heavy (non-hydrogen) atoms. The molecule has 0 aliphatic rings. The number of thiophene rings is 1. The third-order valence-electron chi connectivity index (χ3n) is 3.71. The molecule has 2 N–H and O–H groups in total. The van der Waals surface area contributed by atoms with Crippen LogP contribution in [-0.4, -0.2) is 32.1 Å². The molecule has 6 nitrogen and oxygen atoms in total. The number of carbonyl (C=O) groups excluding carboxylic acids is 2. The van der Waals surface area contributed by atoms with E-state index in [0.717, 1.165) is 0 Å². The number of nitrogens with one attached hydrogen (secondary N) is 2.